The summed E-state index contributed by atoms with van der Waals surface area (Å²) in [5.41, 5.74) is 1.11. The van der Waals surface area contributed by atoms with Crippen molar-refractivity contribution in [3.05, 3.63) is 18.0 Å². The Morgan fingerprint density at radius 3 is 2.65 bits per heavy atom. The topological polar surface area (TPSA) is 57.5 Å². The predicted molar refractivity (Wildman–Crippen MR) is 108 cm³/mol. The van der Waals surface area contributed by atoms with Crippen molar-refractivity contribution >= 4 is 29.9 Å². The molecule has 0 aliphatic carbocycles. The molecule has 0 bridgehead atoms. The van der Waals surface area contributed by atoms with E-state index in [9.17, 15) is 0 Å². The van der Waals surface area contributed by atoms with E-state index in [1.54, 1.807) is 6.20 Å². The van der Waals surface area contributed by atoms with Gasteiger partial charge in [-0.15, -0.1) is 24.0 Å². The molecule has 0 amide bonds. The standard InChI is InChI=1S/C16H32N6.HI/c1-6-17-16(19-13-15-9-11-20-22(15)5)18-10-7-8-12-21(4)14(2)3;/h9,11,14H,6-8,10,12-13H2,1-5H3,(H2,17,18,19);1H. The molecule has 1 aromatic heterocycles. The summed E-state index contributed by atoms with van der Waals surface area (Å²) in [6.07, 6.45) is 4.15. The molecule has 0 aliphatic rings. The summed E-state index contributed by atoms with van der Waals surface area (Å²) < 4.78 is 1.86. The quantitative estimate of drug-likeness (QED) is 0.270. The zero-order valence-corrected chi connectivity index (χ0v) is 17.5. The van der Waals surface area contributed by atoms with Crippen molar-refractivity contribution < 1.29 is 0 Å². The molecule has 0 atom stereocenters. The number of halogens is 1. The molecule has 1 heterocycles. The Hall–Kier alpha value is -0.830. The highest BCUT2D eigenvalue weighted by molar-refractivity contribution is 14.0. The normalized spacial score (nSPS) is 11.7. The lowest BCUT2D eigenvalue weighted by Gasteiger charge is -2.20. The highest BCUT2D eigenvalue weighted by Crippen LogP contribution is 1.99. The van der Waals surface area contributed by atoms with Crippen molar-refractivity contribution in [1.29, 1.82) is 0 Å². The van der Waals surface area contributed by atoms with Crippen LogP contribution in [0.1, 0.15) is 39.3 Å². The molecule has 0 saturated heterocycles. The fourth-order valence-corrected chi connectivity index (χ4v) is 2.01. The molecule has 1 rings (SSSR count). The smallest absolute Gasteiger partial charge is 0.191 e. The van der Waals surface area contributed by atoms with Gasteiger partial charge in [0.1, 0.15) is 0 Å². The van der Waals surface area contributed by atoms with E-state index in [-0.39, 0.29) is 24.0 Å². The SMILES string of the molecule is CCNC(=NCc1ccnn1C)NCCCCN(C)C(C)C.I. The Morgan fingerprint density at radius 1 is 1.35 bits per heavy atom. The minimum absolute atomic E-state index is 0. The van der Waals surface area contributed by atoms with E-state index in [2.05, 4.69) is 53.4 Å². The van der Waals surface area contributed by atoms with Crippen LogP contribution in [-0.2, 0) is 13.6 Å². The highest BCUT2D eigenvalue weighted by atomic mass is 127. The number of nitrogens with zero attached hydrogens (tertiary/aromatic N) is 4. The third-order valence-electron chi connectivity index (χ3n) is 3.78. The number of unbranched alkanes of at least 4 members (excludes halogenated alkanes) is 1. The lowest BCUT2D eigenvalue weighted by atomic mass is 10.2. The monoisotopic (exact) mass is 436 g/mol. The van der Waals surface area contributed by atoms with Gasteiger partial charge in [-0.3, -0.25) is 4.68 Å². The van der Waals surface area contributed by atoms with Gasteiger partial charge in [0.2, 0.25) is 0 Å². The number of aliphatic imine (C=N–C) groups is 1. The van der Waals surface area contributed by atoms with Crippen LogP contribution in [-0.4, -0.2) is 53.4 Å². The van der Waals surface area contributed by atoms with E-state index < -0.39 is 0 Å². The second-order valence-electron chi connectivity index (χ2n) is 5.85. The van der Waals surface area contributed by atoms with Crippen LogP contribution in [0, 0.1) is 0 Å². The largest absolute Gasteiger partial charge is 0.357 e. The molecule has 6 nitrogen and oxygen atoms in total. The van der Waals surface area contributed by atoms with Gasteiger partial charge >= 0.3 is 0 Å². The van der Waals surface area contributed by atoms with E-state index in [1.807, 2.05) is 17.8 Å². The average Bonchev–Trinajstić information content (AvgIpc) is 2.89. The van der Waals surface area contributed by atoms with Crippen LogP contribution < -0.4 is 10.6 Å². The molecule has 0 fully saturated rings. The lowest BCUT2D eigenvalue weighted by molar-refractivity contribution is 0.268. The molecule has 23 heavy (non-hydrogen) atoms. The zero-order valence-electron chi connectivity index (χ0n) is 15.2. The van der Waals surface area contributed by atoms with Gasteiger partial charge in [-0.05, 0) is 53.3 Å². The van der Waals surface area contributed by atoms with Crippen molar-refractivity contribution in [2.75, 3.05) is 26.7 Å². The summed E-state index contributed by atoms with van der Waals surface area (Å²) in [6.45, 7) is 10.1. The Bertz CT molecular complexity index is 444. The average molecular weight is 436 g/mol. The van der Waals surface area contributed by atoms with Gasteiger partial charge in [-0.2, -0.15) is 5.10 Å². The summed E-state index contributed by atoms with van der Waals surface area (Å²) >= 11 is 0. The summed E-state index contributed by atoms with van der Waals surface area (Å²) in [5.74, 6) is 0.876. The van der Waals surface area contributed by atoms with E-state index >= 15 is 0 Å². The fourth-order valence-electron chi connectivity index (χ4n) is 2.01. The summed E-state index contributed by atoms with van der Waals surface area (Å²) in [4.78, 5) is 6.98. The Morgan fingerprint density at radius 2 is 2.09 bits per heavy atom. The van der Waals surface area contributed by atoms with Crippen molar-refractivity contribution in [2.24, 2.45) is 12.0 Å². The molecule has 0 radical (unpaired) electrons. The maximum Gasteiger partial charge on any atom is 0.191 e. The van der Waals surface area contributed by atoms with Crippen LogP contribution in [0.4, 0.5) is 0 Å². The van der Waals surface area contributed by atoms with Gasteiger partial charge in [-0.25, -0.2) is 4.99 Å². The minimum atomic E-state index is 0. The van der Waals surface area contributed by atoms with Gasteiger partial charge in [0.25, 0.3) is 0 Å². The molecule has 0 aromatic carbocycles. The van der Waals surface area contributed by atoms with Gasteiger partial charge in [0.15, 0.2) is 5.96 Å². The molecule has 0 unspecified atom stereocenters. The first-order valence-corrected chi connectivity index (χ1v) is 8.23. The fraction of sp³-hybridized carbons (Fsp3) is 0.750. The van der Waals surface area contributed by atoms with Gasteiger partial charge in [-0.1, -0.05) is 0 Å². The Labute approximate surface area is 158 Å². The third-order valence-corrected chi connectivity index (χ3v) is 3.78. The first-order valence-electron chi connectivity index (χ1n) is 8.23. The number of hydrogen-bond donors (Lipinski definition) is 2. The van der Waals surface area contributed by atoms with Crippen LogP contribution in [0.2, 0.25) is 0 Å². The lowest BCUT2D eigenvalue weighted by Crippen LogP contribution is -2.38. The number of rotatable bonds is 9. The van der Waals surface area contributed by atoms with Crippen LogP contribution in [0.25, 0.3) is 0 Å². The van der Waals surface area contributed by atoms with Gasteiger partial charge < -0.3 is 15.5 Å². The van der Waals surface area contributed by atoms with Crippen molar-refractivity contribution in [3.63, 3.8) is 0 Å². The van der Waals surface area contributed by atoms with E-state index in [0.717, 1.165) is 37.7 Å². The van der Waals surface area contributed by atoms with Crippen LogP contribution in [0.15, 0.2) is 17.3 Å². The first-order chi connectivity index (χ1) is 10.5. The molecular formula is C16H33IN6. The molecule has 0 aliphatic heterocycles. The maximum absolute atomic E-state index is 4.60. The number of guanidine groups is 1. The first kappa shape index (κ1) is 22.2. The van der Waals surface area contributed by atoms with Crippen molar-refractivity contribution in [1.82, 2.24) is 25.3 Å². The summed E-state index contributed by atoms with van der Waals surface area (Å²) in [7, 11) is 4.12. The van der Waals surface area contributed by atoms with Crippen LogP contribution >= 0.6 is 24.0 Å². The molecular weight excluding hydrogens is 403 g/mol. The van der Waals surface area contributed by atoms with E-state index in [0.29, 0.717) is 12.6 Å². The van der Waals surface area contributed by atoms with Crippen molar-refractivity contribution in [2.45, 2.75) is 46.2 Å². The number of aryl methyl sites for hydroxylation is 1. The van der Waals surface area contributed by atoms with Crippen molar-refractivity contribution in [3.8, 4) is 0 Å². The molecule has 7 heteroatoms. The Kier molecular flexibility index (Phi) is 12.1. The predicted octanol–water partition coefficient (Wildman–Crippen LogP) is 2.21. The zero-order chi connectivity index (χ0) is 16.4. The number of hydrogen-bond acceptors (Lipinski definition) is 3. The highest BCUT2D eigenvalue weighted by Gasteiger charge is 2.03. The maximum atomic E-state index is 4.60. The van der Waals surface area contributed by atoms with E-state index in [4.69, 9.17) is 0 Å². The van der Waals surface area contributed by atoms with E-state index in [1.165, 1.54) is 6.42 Å². The molecule has 2 N–H and O–H groups in total. The summed E-state index contributed by atoms with van der Waals surface area (Å²) in [6, 6.07) is 2.61. The molecule has 0 spiro atoms. The Balaban J connectivity index is 0.00000484. The second kappa shape index (κ2) is 12.6. The third kappa shape index (κ3) is 9.14. The second-order valence-corrected chi connectivity index (χ2v) is 5.85. The number of aromatic nitrogens is 2. The molecule has 1 aromatic rings. The minimum Gasteiger partial charge on any atom is -0.357 e. The number of nitrogens with one attached hydrogen (secondary N) is 2. The van der Waals surface area contributed by atoms with Crippen LogP contribution in [0.5, 0.6) is 0 Å². The summed E-state index contributed by atoms with van der Waals surface area (Å²) in [5, 5.41) is 10.8. The van der Waals surface area contributed by atoms with Crippen LogP contribution in [0.3, 0.4) is 0 Å². The molecule has 134 valence electrons. The molecule has 0 saturated carbocycles. The van der Waals surface area contributed by atoms with Gasteiger partial charge in [0.05, 0.1) is 12.2 Å². The van der Waals surface area contributed by atoms with Gasteiger partial charge in [0, 0.05) is 32.4 Å².